The van der Waals surface area contributed by atoms with Crippen LogP contribution in [0.1, 0.15) is 25.0 Å². The monoisotopic (exact) mass is 432 g/mol. The van der Waals surface area contributed by atoms with Crippen LogP contribution < -0.4 is 24.3 Å². The lowest BCUT2D eigenvalue weighted by Crippen LogP contribution is -2.36. The van der Waals surface area contributed by atoms with E-state index in [1.54, 1.807) is 21.3 Å². The number of hydrogen-bond donors (Lipinski definition) is 2. The van der Waals surface area contributed by atoms with E-state index in [2.05, 4.69) is 24.1 Å². The van der Waals surface area contributed by atoms with Gasteiger partial charge in [0.25, 0.3) is 0 Å². The van der Waals surface area contributed by atoms with Gasteiger partial charge in [-0.2, -0.15) is 0 Å². The number of aliphatic hydroxyl groups excluding tert-OH is 1. The topological polar surface area (TPSA) is 72.4 Å². The molecule has 2 aromatic rings. The summed E-state index contributed by atoms with van der Waals surface area (Å²) in [5.74, 6) is 2.87. The Morgan fingerprint density at radius 2 is 1.61 bits per heavy atom. The Balaban J connectivity index is 1.93. The van der Waals surface area contributed by atoms with E-state index in [0.717, 1.165) is 22.6 Å². The van der Waals surface area contributed by atoms with Gasteiger partial charge in [0, 0.05) is 31.2 Å². The van der Waals surface area contributed by atoms with Gasteiger partial charge in [0.2, 0.25) is 0 Å². The van der Waals surface area contributed by atoms with Crippen molar-refractivity contribution in [2.45, 2.75) is 39.1 Å². The molecule has 0 spiro atoms. The lowest BCUT2D eigenvalue weighted by molar-refractivity contribution is 0.0668. The molecule has 2 N–H and O–H groups in total. The van der Waals surface area contributed by atoms with Crippen LogP contribution in [0.4, 0.5) is 0 Å². The second-order valence-electron chi connectivity index (χ2n) is 7.76. The van der Waals surface area contributed by atoms with Crippen molar-refractivity contribution in [2.75, 3.05) is 41.5 Å². The zero-order chi connectivity index (χ0) is 22.8. The number of likely N-dealkylation sites (N-methyl/N-ethyl adjacent to an activating group) is 1. The minimum Gasteiger partial charge on any atom is -0.497 e. The first-order chi connectivity index (χ1) is 14.9. The molecule has 1 unspecified atom stereocenters. The number of aliphatic hydroxyl groups is 1. The van der Waals surface area contributed by atoms with Gasteiger partial charge in [0.15, 0.2) is 11.5 Å². The van der Waals surface area contributed by atoms with Crippen LogP contribution in [-0.4, -0.2) is 63.7 Å². The predicted molar refractivity (Wildman–Crippen MR) is 122 cm³/mol. The maximum atomic E-state index is 10.2. The third-order valence-corrected chi connectivity index (χ3v) is 5.17. The van der Waals surface area contributed by atoms with Crippen LogP contribution in [0, 0.1) is 0 Å². The number of nitrogens with zero attached hydrogens (tertiary/aromatic N) is 1. The van der Waals surface area contributed by atoms with Gasteiger partial charge in [-0.1, -0.05) is 6.07 Å². The highest BCUT2D eigenvalue weighted by Gasteiger charge is 2.13. The van der Waals surface area contributed by atoms with E-state index in [4.69, 9.17) is 18.9 Å². The minimum atomic E-state index is -0.573. The molecule has 0 saturated carbocycles. The van der Waals surface area contributed by atoms with E-state index in [0.29, 0.717) is 37.2 Å². The molecule has 0 aliphatic rings. The maximum absolute atomic E-state index is 10.2. The second-order valence-corrected chi connectivity index (χ2v) is 7.76. The van der Waals surface area contributed by atoms with Crippen molar-refractivity contribution >= 4 is 0 Å². The number of nitrogens with one attached hydrogen (secondary N) is 1. The zero-order valence-corrected chi connectivity index (χ0v) is 19.5. The molecular formula is C24H36N2O5. The molecule has 7 heteroatoms. The van der Waals surface area contributed by atoms with Crippen molar-refractivity contribution in [3.8, 4) is 23.0 Å². The molecule has 0 aromatic heterocycles. The van der Waals surface area contributed by atoms with Gasteiger partial charge < -0.3 is 34.3 Å². The molecule has 0 fully saturated rings. The molecule has 0 aliphatic heterocycles. The summed E-state index contributed by atoms with van der Waals surface area (Å²) in [5, 5.41) is 13.6. The molecule has 0 heterocycles. The van der Waals surface area contributed by atoms with Crippen molar-refractivity contribution in [1.82, 2.24) is 10.2 Å². The average molecular weight is 433 g/mol. The Bertz CT molecular complexity index is 813. The standard InChI is InChI=1S/C24H36N2O5/c1-17(2)26(3)15-20(27)16-31-23-9-7-18(11-24(23)30-6)13-25-14-19-12-21(28-4)8-10-22(19)29-5/h7-12,17,20,25,27H,13-16H2,1-6H3. The number of rotatable bonds is 13. The average Bonchev–Trinajstić information content (AvgIpc) is 2.77. The minimum absolute atomic E-state index is 0.209. The molecule has 172 valence electrons. The summed E-state index contributed by atoms with van der Waals surface area (Å²) in [6, 6.07) is 11.9. The van der Waals surface area contributed by atoms with Gasteiger partial charge in [0.05, 0.1) is 21.3 Å². The molecule has 1 atom stereocenters. The molecule has 0 radical (unpaired) electrons. The molecule has 0 aliphatic carbocycles. The predicted octanol–water partition coefficient (Wildman–Crippen LogP) is 3.08. The first-order valence-corrected chi connectivity index (χ1v) is 10.5. The number of methoxy groups -OCH3 is 3. The highest BCUT2D eigenvalue weighted by atomic mass is 16.5. The van der Waals surface area contributed by atoms with E-state index in [-0.39, 0.29) is 6.61 Å². The molecule has 0 bridgehead atoms. The van der Waals surface area contributed by atoms with Gasteiger partial charge in [-0.3, -0.25) is 0 Å². The molecule has 31 heavy (non-hydrogen) atoms. The van der Waals surface area contributed by atoms with Gasteiger partial charge >= 0.3 is 0 Å². The van der Waals surface area contributed by atoms with Gasteiger partial charge in [-0.05, 0) is 56.8 Å². The highest BCUT2D eigenvalue weighted by Crippen LogP contribution is 2.28. The van der Waals surface area contributed by atoms with Crippen LogP contribution in [0.3, 0.4) is 0 Å². The Morgan fingerprint density at radius 3 is 2.26 bits per heavy atom. The molecular weight excluding hydrogens is 396 g/mol. The van der Waals surface area contributed by atoms with E-state index >= 15 is 0 Å². The first-order valence-electron chi connectivity index (χ1n) is 10.5. The number of hydrogen-bond acceptors (Lipinski definition) is 7. The number of ether oxygens (including phenoxy) is 4. The summed E-state index contributed by atoms with van der Waals surface area (Å²) in [7, 11) is 6.91. The highest BCUT2D eigenvalue weighted by molar-refractivity contribution is 5.43. The molecule has 2 aromatic carbocycles. The quantitative estimate of drug-likeness (QED) is 0.504. The van der Waals surface area contributed by atoms with Gasteiger partial charge in [-0.25, -0.2) is 0 Å². The third-order valence-electron chi connectivity index (χ3n) is 5.17. The smallest absolute Gasteiger partial charge is 0.161 e. The van der Waals surface area contributed by atoms with E-state index < -0.39 is 6.10 Å². The van der Waals surface area contributed by atoms with E-state index in [1.165, 1.54) is 0 Å². The first kappa shape index (κ1) is 24.8. The van der Waals surface area contributed by atoms with Crippen molar-refractivity contribution in [2.24, 2.45) is 0 Å². The SMILES string of the molecule is COc1ccc(OC)c(CNCc2ccc(OCC(O)CN(C)C(C)C)c(OC)c2)c1. The fourth-order valence-electron chi connectivity index (χ4n) is 3.08. The Morgan fingerprint density at radius 1 is 0.903 bits per heavy atom. The Hall–Kier alpha value is -2.48. The van der Waals surface area contributed by atoms with Crippen molar-refractivity contribution in [3.05, 3.63) is 47.5 Å². The van der Waals surface area contributed by atoms with Crippen LogP contribution in [0.15, 0.2) is 36.4 Å². The van der Waals surface area contributed by atoms with Crippen LogP contribution in [0.5, 0.6) is 23.0 Å². The van der Waals surface area contributed by atoms with E-state index in [9.17, 15) is 5.11 Å². The van der Waals surface area contributed by atoms with Crippen LogP contribution in [-0.2, 0) is 13.1 Å². The normalized spacial score (nSPS) is 12.2. The second kappa shape index (κ2) is 12.4. The fourth-order valence-corrected chi connectivity index (χ4v) is 3.08. The van der Waals surface area contributed by atoms with E-state index in [1.807, 2.05) is 43.4 Å². The molecule has 2 rings (SSSR count). The maximum Gasteiger partial charge on any atom is 0.161 e. The summed E-state index contributed by atoms with van der Waals surface area (Å²) < 4.78 is 22.0. The Labute approximate surface area is 185 Å². The van der Waals surface area contributed by atoms with Crippen molar-refractivity contribution in [1.29, 1.82) is 0 Å². The zero-order valence-electron chi connectivity index (χ0n) is 19.5. The molecule has 0 saturated heterocycles. The molecule has 7 nitrogen and oxygen atoms in total. The third kappa shape index (κ3) is 7.61. The van der Waals surface area contributed by atoms with Crippen molar-refractivity contribution < 1.29 is 24.1 Å². The fraction of sp³-hybridized carbons (Fsp3) is 0.500. The van der Waals surface area contributed by atoms with Crippen LogP contribution in [0.2, 0.25) is 0 Å². The summed E-state index contributed by atoms with van der Waals surface area (Å²) in [4.78, 5) is 2.08. The Kier molecular flexibility index (Phi) is 9.91. The van der Waals surface area contributed by atoms with Crippen molar-refractivity contribution in [3.63, 3.8) is 0 Å². The summed E-state index contributed by atoms with van der Waals surface area (Å²) in [5.41, 5.74) is 2.08. The molecule has 0 amide bonds. The number of benzene rings is 2. The largest absolute Gasteiger partial charge is 0.497 e. The van der Waals surface area contributed by atoms with Crippen LogP contribution in [0.25, 0.3) is 0 Å². The van der Waals surface area contributed by atoms with Gasteiger partial charge in [0.1, 0.15) is 24.2 Å². The summed E-state index contributed by atoms with van der Waals surface area (Å²) in [6.45, 7) is 6.23. The summed E-state index contributed by atoms with van der Waals surface area (Å²) in [6.07, 6.45) is -0.573. The van der Waals surface area contributed by atoms with Gasteiger partial charge in [-0.15, -0.1) is 0 Å². The lowest BCUT2D eigenvalue weighted by atomic mass is 10.1. The van der Waals surface area contributed by atoms with Crippen LogP contribution >= 0.6 is 0 Å². The lowest BCUT2D eigenvalue weighted by Gasteiger charge is -2.24. The summed E-state index contributed by atoms with van der Waals surface area (Å²) >= 11 is 0.